The largest absolute Gasteiger partial charge is 0.335 e. The first-order valence-electron chi connectivity index (χ1n) is 9.69. The summed E-state index contributed by atoms with van der Waals surface area (Å²) in [5.41, 5.74) is 1.75. The van der Waals surface area contributed by atoms with E-state index in [1.54, 1.807) is 28.6 Å². The molecule has 160 valence electrons. The van der Waals surface area contributed by atoms with Gasteiger partial charge in [0.05, 0.1) is 23.1 Å². The van der Waals surface area contributed by atoms with E-state index in [0.717, 1.165) is 12.1 Å². The molecule has 2 heterocycles. The minimum absolute atomic E-state index is 0.0649. The van der Waals surface area contributed by atoms with Crippen LogP contribution in [0.3, 0.4) is 0 Å². The van der Waals surface area contributed by atoms with E-state index in [-0.39, 0.29) is 30.4 Å². The van der Waals surface area contributed by atoms with Crippen molar-refractivity contribution >= 4 is 11.8 Å². The second kappa shape index (κ2) is 8.25. The van der Waals surface area contributed by atoms with Crippen LogP contribution in [0.1, 0.15) is 26.4 Å². The number of amides is 2. The maximum Gasteiger partial charge on any atom is 0.257 e. The van der Waals surface area contributed by atoms with Gasteiger partial charge in [-0.3, -0.25) is 9.59 Å². The van der Waals surface area contributed by atoms with Crippen molar-refractivity contribution in [2.45, 2.75) is 6.92 Å². The Kier molecular flexibility index (Phi) is 5.50. The number of aromatic nitrogens is 2. The smallest absolute Gasteiger partial charge is 0.257 e. The molecule has 31 heavy (non-hydrogen) atoms. The number of nitrogens with zero attached hydrogens (tertiary/aromatic N) is 4. The zero-order chi connectivity index (χ0) is 22.1. The molecule has 1 aromatic heterocycles. The lowest BCUT2D eigenvalue weighted by Gasteiger charge is -2.34. The van der Waals surface area contributed by atoms with Crippen LogP contribution in [0.2, 0.25) is 0 Å². The molecular formula is C22H19F3N4O2. The van der Waals surface area contributed by atoms with Crippen molar-refractivity contribution in [2.24, 2.45) is 0 Å². The second-order valence-electron chi connectivity index (χ2n) is 7.25. The number of piperazine rings is 1. The fraction of sp³-hybridized carbons (Fsp3) is 0.227. The number of hydrogen-bond acceptors (Lipinski definition) is 3. The average molecular weight is 428 g/mol. The monoisotopic (exact) mass is 428 g/mol. The second-order valence-corrected chi connectivity index (χ2v) is 7.25. The third-order valence-electron chi connectivity index (χ3n) is 5.33. The molecule has 0 bridgehead atoms. The molecule has 4 rings (SSSR count). The van der Waals surface area contributed by atoms with Gasteiger partial charge in [0.25, 0.3) is 11.8 Å². The van der Waals surface area contributed by atoms with Crippen LogP contribution in [-0.2, 0) is 0 Å². The fourth-order valence-corrected chi connectivity index (χ4v) is 3.56. The average Bonchev–Trinajstić information content (AvgIpc) is 3.16. The van der Waals surface area contributed by atoms with Gasteiger partial charge in [-0.2, -0.15) is 5.10 Å². The molecule has 6 nitrogen and oxygen atoms in total. The number of halogens is 3. The van der Waals surface area contributed by atoms with E-state index < -0.39 is 17.5 Å². The van der Waals surface area contributed by atoms with Gasteiger partial charge < -0.3 is 9.80 Å². The normalized spacial score (nSPS) is 14.1. The number of benzene rings is 2. The van der Waals surface area contributed by atoms with Gasteiger partial charge >= 0.3 is 0 Å². The minimum Gasteiger partial charge on any atom is -0.335 e. The molecule has 1 aliphatic rings. The van der Waals surface area contributed by atoms with Crippen LogP contribution in [0.15, 0.2) is 48.7 Å². The lowest BCUT2D eigenvalue weighted by Crippen LogP contribution is -2.50. The summed E-state index contributed by atoms with van der Waals surface area (Å²) in [7, 11) is 0. The summed E-state index contributed by atoms with van der Waals surface area (Å²) < 4.78 is 41.2. The Balaban J connectivity index is 1.43. The van der Waals surface area contributed by atoms with E-state index >= 15 is 0 Å². The molecular weight excluding hydrogens is 409 g/mol. The van der Waals surface area contributed by atoms with Crippen LogP contribution < -0.4 is 0 Å². The minimum atomic E-state index is -1.08. The van der Waals surface area contributed by atoms with Crippen molar-refractivity contribution < 1.29 is 22.8 Å². The zero-order valence-corrected chi connectivity index (χ0v) is 16.7. The quantitative estimate of drug-likeness (QED) is 0.644. The van der Waals surface area contributed by atoms with Crippen molar-refractivity contribution in [1.82, 2.24) is 19.6 Å². The Hall–Kier alpha value is -3.62. The van der Waals surface area contributed by atoms with Crippen LogP contribution in [-0.4, -0.2) is 57.6 Å². The molecule has 2 amide bonds. The molecule has 1 saturated heterocycles. The lowest BCUT2D eigenvalue weighted by atomic mass is 10.1. The van der Waals surface area contributed by atoms with Gasteiger partial charge in [-0.1, -0.05) is 0 Å². The highest BCUT2D eigenvalue weighted by Crippen LogP contribution is 2.18. The summed E-state index contributed by atoms with van der Waals surface area (Å²) in [6, 6.07) is 8.83. The topological polar surface area (TPSA) is 58.4 Å². The number of rotatable bonds is 3. The highest BCUT2D eigenvalue weighted by molar-refractivity contribution is 5.96. The Labute approximate surface area is 176 Å². The van der Waals surface area contributed by atoms with Gasteiger partial charge in [0, 0.05) is 31.7 Å². The number of hydrogen-bond donors (Lipinski definition) is 0. The fourth-order valence-electron chi connectivity index (χ4n) is 3.56. The van der Waals surface area contributed by atoms with Gasteiger partial charge in [-0.25, -0.2) is 17.9 Å². The van der Waals surface area contributed by atoms with E-state index in [1.165, 1.54) is 29.3 Å². The number of carbonyl (C=O) groups excluding carboxylic acids is 2. The molecule has 1 aliphatic heterocycles. The lowest BCUT2D eigenvalue weighted by molar-refractivity contribution is 0.0534. The van der Waals surface area contributed by atoms with Crippen LogP contribution in [0, 0.1) is 24.4 Å². The Morgan fingerprint density at radius 2 is 1.45 bits per heavy atom. The first-order valence-corrected chi connectivity index (χ1v) is 9.69. The van der Waals surface area contributed by atoms with Gasteiger partial charge in [0.2, 0.25) is 0 Å². The van der Waals surface area contributed by atoms with Crippen molar-refractivity contribution in [3.63, 3.8) is 0 Å². The van der Waals surface area contributed by atoms with Crippen molar-refractivity contribution in [2.75, 3.05) is 26.2 Å². The molecule has 0 N–H and O–H groups in total. The van der Waals surface area contributed by atoms with Crippen molar-refractivity contribution in [3.8, 4) is 5.69 Å². The molecule has 0 atom stereocenters. The molecule has 1 fully saturated rings. The van der Waals surface area contributed by atoms with Crippen molar-refractivity contribution in [3.05, 3.63) is 82.9 Å². The third kappa shape index (κ3) is 4.03. The molecule has 3 aromatic rings. The van der Waals surface area contributed by atoms with E-state index in [9.17, 15) is 22.8 Å². The number of carbonyl (C=O) groups is 2. The highest BCUT2D eigenvalue weighted by atomic mass is 19.2. The first-order chi connectivity index (χ1) is 14.8. The summed E-state index contributed by atoms with van der Waals surface area (Å²) in [5.74, 6) is -3.07. The Bertz CT molecular complexity index is 1140. The third-order valence-corrected chi connectivity index (χ3v) is 5.33. The highest BCUT2D eigenvalue weighted by Gasteiger charge is 2.28. The summed E-state index contributed by atoms with van der Waals surface area (Å²) >= 11 is 0. The molecule has 2 aromatic carbocycles. The van der Waals surface area contributed by atoms with Gasteiger partial charge in [-0.15, -0.1) is 0 Å². The molecule has 0 spiro atoms. The Morgan fingerprint density at radius 1 is 0.839 bits per heavy atom. The van der Waals surface area contributed by atoms with Gasteiger partial charge in [0.15, 0.2) is 11.6 Å². The first kappa shape index (κ1) is 20.6. The summed E-state index contributed by atoms with van der Waals surface area (Å²) in [5, 5.41) is 4.25. The van der Waals surface area contributed by atoms with E-state index in [2.05, 4.69) is 5.10 Å². The van der Waals surface area contributed by atoms with Crippen LogP contribution >= 0.6 is 0 Å². The van der Waals surface area contributed by atoms with Crippen LogP contribution in [0.25, 0.3) is 5.69 Å². The molecule has 0 aliphatic carbocycles. The molecule has 0 unspecified atom stereocenters. The van der Waals surface area contributed by atoms with E-state index in [0.29, 0.717) is 30.0 Å². The summed E-state index contributed by atoms with van der Waals surface area (Å²) in [4.78, 5) is 28.6. The standard InChI is InChI=1S/C22H19F3N4O2/c1-14-18(13-26-29(14)17-5-3-16(23)4-6-17)22(31)28-10-8-27(9-11-28)21(30)15-2-7-19(24)20(25)12-15/h2-7,12-13H,8-11H2,1H3. The van der Waals surface area contributed by atoms with Gasteiger partial charge in [0.1, 0.15) is 5.82 Å². The summed E-state index contributed by atoms with van der Waals surface area (Å²) in [6.45, 7) is 2.90. The maximum absolute atomic E-state index is 13.4. The summed E-state index contributed by atoms with van der Waals surface area (Å²) in [6.07, 6.45) is 1.47. The zero-order valence-electron chi connectivity index (χ0n) is 16.7. The molecule has 0 radical (unpaired) electrons. The van der Waals surface area contributed by atoms with E-state index in [1.807, 2.05) is 0 Å². The van der Waals surface area contributed by atoms with E-state index in [4.69, 9.17) is 0 Å². The Morgan fingerprint density at radius 3 is 2.06 bits per heavy atom. The predicted octanol–water partition coefficient (Wildman–Crippen LogP) is 3.20. The van der Waals surface area contributed by atoms with Crippen molar-refractivity contribution in [1.29, 1.82) is 0 Å². The van der Waals surface area contributed by atoms with Gasteiger partial charge in [-0.05, 0) is 49.4 Å². The predicted molar refractivity (Wildman–Crippen MR) is 106 cm³/mol. The maximum atomic E-state index is 13.4. The molecule has 9 heteroatoms. The van der Waals surface area contributed by atoms with Crippen LogP contribution in [0.4, 0.5) is 13.2 Å². The van der Waals surface area contributed by atoms with Crippen LogP contribution in [0.5, 0.6) is 0 Å². The molecule has 0 saturated carbocycles. The SMILES string of the molecule is Cc1c(C(=O)N2CCN(C(=O)c3ccc(F)c(F)c3)CC2)cnn1-c1ccc(F)cc1.